The van der Waals surface area contributed by atoms with E-state index in [0.717, 1.165) is 0 Å². The topological polar surface area (TPSA) is 78.9 Å². The second-order valence-corrected chi connectivity index (χ2v) is 3.31. The Labute approximate surface area is 98.8 Å². The van der Waals surface area contributed by atoms with Crippen LogP contribution in [0.3, 0.4) is 0 Å². The van der Waals surface area contributed by atoms with Gasteiger partial charge in [-0.2, -0.15) is 0 Å². The lowest BCUT2D eigenvalue weighted by atomic mass is 10.3. The van der Waals surface area contributed by atoms with Crippen molar-refractivity contribution in [2.75, 3.05) is 25.6 Å². The molecule has 1 aromatic carbocycles. The number of amides is 2. The first-order valence-electron chi connectivity index (χ1n) is 4.92. The Morgan fingerprint density at radius 3 is 2.41 bits per heavy atom. The predicted octanol–water partition coefficient (Wildman–Crippen LogP) is 0.926. The van der Waals surface area contributed by atoms with Crippen LogP contribution in [0.1, 0.15) is 0 Å². The second-order valence-electron chi connectivity index (χ2n) is 3.31. The second kappa shape index (κ2) is 5.74. The molecule has 0 saturated heterocycles. The van der Waals surface area contributed by atoms with Gasteiger partial charge in [-0.15, -0.1) is 0 Å². The summed E-state index contributed by atoms with van der Waals surface area (Å²) in [5.41, 5.74) is 0.669. The highest BCUT2D eigenvalue weighted by Crippen LogP contribution is 2.17. The molecule has 6 heteroatoms. The number of carbonyl (C=O) groups is 2. The van der Waals surface area contributed by atoms with E-state index in [4.69, 9.17) is 9.84 Å². The van der Waals surface area contributed by atoms with Crippen LogP contribution < -0.4 is 15.0 Å². The Balaban J connectivity index is 2.64. The zero-order chi connectivity index (χ0) is 12.8. The fourth-order valence-electron chi connectivity index (χ4n) is 1.22. The summed E-state index contributed by atoms with van der Waals surface area (Å²) in [7, 11) is 3.13. The fourth-order valence-corrected chi connectivity index (χ4v) is 1.22. The molecule has 2 N–H and O–H groups in total. The van der Waals surface area contributed by atoms with Crippen molar-refractivity contribution in [1.82, 2.24) is 5.32 Å². The van der Waals surface area contributed by atoms with Gasteiger partial charge in [0.2, 0.25) is 5.91 Å². The smallest absolute Gasteiger partial charge is 0.405 e. The molecule has 0 spiro atoms. The van der Waals surface area contributed by atoms with Gasteiger partial charge in [0.05, 0.1) is 7.11 Å². The number of rotatable bonds is 4. The van der Waals surface area contributed by atoms with Crippen LogP contribution in [0.2, 0.25) is 0 Å². The van der Waals surface area contributed by atoms with Crippen LogP contribution in [-0.4, -0.2) is 37.8 Å². The van der Waals surface area contributed by atoms with Gasteiger partial charge in [0.25, 0.3) is 0 Å². The zero-order valence-electron chi connectivity index (χ0n) is 9.64. The van der Waals surface area contributed by atoms with Gasteiger partial charge in [-0.1, -0.05) is 0 Å². The van der Waals surface area contributed by atoms with Crippen LogP contribution in [0.25, 0.3) is 0 Å². The molecular formula is C11H14N2O4. The van der Waals surface area contributed by atoms with Crippen LogP contribution in [0, 0.1) is 0 Å². The number of methoxy groups -OCH3 is 1. The van der Waals surface area contributed by atoms with Crippen molar-refractivity contribution in [2.45, 2.75) is 0 Å². The Kier molecular flexibility index (Phi) is 4.33. The number of carbonyl (C=O) groups excluding carboxylic acids is 1. The van der Waals surface area contributed by atoms with Crippen molar-refractivity contribution in [2.24, 2.45) is 0 Å². The van der Waals surface area contributed by atoms with Gasteiger partial charge in [-0.05, 0) is 24.3 Å². The third kappa shape index (κ3) is 3.67. The molecule has 0 saturated carbocycles. The lowest BCUT2D eigenvalue weighted by molar-refractivity contribution is -0.117. The number of hydrogen-bond donors (Lipinski definition) is 2. The van der Waals surface area contributed by atoms with Crippen molar-refractivity contribution < 1.29 is 19.4 Å². The highest BCUT2D eigenvalue weighted by Gasteiger charge is 2.11. The summed E-state index contributed by atoms with van der Waals surface area (Å²) < 4.78 is 4.99. The van der Waals surface area contributed by atoms with E-state index in [1.165, 1.54) is 4.90 Å². The average molecular weight is 238 g/mol. The third-order valence-electron chi connectivity index (χ3n) is 2.22. The van der Waals surface area contributed by atoms with E-state index in [0.29, 0.717) is 11.4 Å². The minimum atomic E-state index is -1.22. The lowest BCUT2D eigenvalue weighted by Crippen LogP contribution is -2.37. The van der Waals surface area contributed by atoms with E-state index in [2.05, 4.69) is 0 Å². The number of ether oxygens (including phenoxy) is 1. The molecule has 1 aromatic rings. The Morgan fingerprint density at radius 2 is 1.94 bits per heavy atom. The van der Waals surface area contributed by atoms with E-state index in [-0.39, 0.29) is 12.5 Å². The van der Waals surface area contributed by atoms with E-state index < -0.39 is 6.09 Å². The van der Waals surface area contributed by atoms with Gasteiger partial charge >= 0.3 is 6.09 Å². The van der Waals surface area contributed by atoms with Crippen molar-refractivity contribution in [1.29, 1.82) is 0 Å². The molecule has 2 amide bonds. The molecule has 0 atom stereocenters. The lowest BCUT2D eigenvalue weighted by Gasteiger charge is -2.17. The molecule has 17 heavy (non-hydrogen) atoms. The highest BCUT2D eigenvalue weighted by molar-refractivity contribution is 5.95. The summed E-state index contributed by atoms with van der Waals surface area (Å²) in [5, 5.41) is 10.4. The Hall–Kier alpha value is -2.24. The molecule has 0 bridgehead atoms. The van der Waals surface area contributed by atoms with E-state index in [9.17, 15) is 9.59 Å². The minimum absolute atomic E-state index is 0.252. The Bertz CT molecular complexity index is 402. The largest absolute Gasteiger partial charge is 0.497 e. The summed E-state index contributed by atoms with van der Waals surface area (Å²) >= 11 is 0. The number of benzene rings is 1. The molecule has 0 aliphatic rings. The van der Waals surface area contributed by atoms with Gasteiger partial charge in [0, 0.05) is 12.7 Å². The molecular weight excluding hydrogens is 224 g/mol. The molecule has 0 heterocycles. The highest BCUT2D eigenvalue weighted by atomic mass is 16.5. The van der Waals surface area contributed by atoms with Crippen molar-refractivity contribution in [3.8, 4) is 5.75 Å². The number of anilines is 1. The van der Waals surface area contributed by atoms with Crippen LogP contribution in [0.5, 0.6) is 5.75 Å². The number of nitrogens with zero attached hydrogens (tertiary/aromatic N) is 1. The Morgan fingerprint density at radius 1 is 1.35 bits per heavy atom. The first-order valence-corrected chi connectivity index (χ1v) is 4.92. The van der Waals surface area contributed by atoms with Crippen molar-refractivity contribution >= 4 is 17.7 Å². The normalized spacial score (nSPS) is 9.53. The zero-order valence-corrected chi connectivity index (χ0v) is 9.64. The summed E-state index contributed by atoms with van der Waals surface area (Å²) in [4.78, 5) is 23.2. The standard InChI is InChI=1S/C11H14N2O4/c1-13(10(14)7-12-11(15)16)8-3-5-9(17-2)6-4-8/h3-6,12H,7H2,1-2H3,(H,15,16). The van der Waals surface area contributed by atoms with Crippen LogP contribution in [0.15, 0.2) is 24.3 Å². The van der Waals surface area contributed by atoms with E-state index >= 15 is 0 Å². The van der Waals surface area contributed by atoms with Crippen molar-refractivity contribution in [3.63, 3.8) is 0 Å². The average Bonchev–Trinajstić information content (AvgIpc) is 2.35. The van der Waals surface area contributed by atoms with Gasteiger partial charge in [0.15, 0.2) is 0 Å². The van der Waals surface area contributed by atoms with Crippen LogP contribution in [0.4, 0.5) is 10.5 Å². The van der Waals surface area contributed by atoms with Gasteiger partial charge in [0.1, 0.15) is 12.3 Å². The summed E-state index contributed by atoms with van der Waals surface area (Å²) in [6, 6.07) is 6.89. The van der Waals surface area contributed by atoms with Crippen molar-refractivity contribution in [3.05, 3.63) is 24.3 Å². The molecule has 92 valence electrons. The quantitative estimate of drug-likeness (QED) is 0.817. The summed E-state index contributed by atoms with van der Waals surface area (Å²) in [5.74, 6) is 0.357. The predicted molar refractivity (Wildman–Crippen MR) is 62.4 cm³/mol. The SMILES string of the molecule is COc1ccc(N(C)C(=O)CNC(=O)O)cc1. The first-order chi connectivity index (χ1) is 8.04. The van der Waals surface area contributed by atoms with Gasteiger partial charge in [-0.25, -0.2) is 4.79 Å². The molecule has 0 aliphatic heterocycles. The minimum Gasteiger partial charge on any atom is -0.497 e. The van der Waals surface area contributed by atoms with E-state index in [1.54, 1.807) is 38.4 Å². The maximum atomic E-state index is 11.6. The molecule has 0 unspecified atom stereocenters. The summed E-state index contributed by atoms with van der Waals surface area (Å²) in [6.07, 6.45) is -1.22. The molecule has 0 fully saturated rings. The number of nitrogens with one attached hydrogen (secondary N) is 1. The molecule has 0 radical (unpaired) electrons. The maximum absolute atomic E-state index is 11.6. The molecule has 0 aliphatic carbocycles. The number of likely N-dealkylation sites (N-methyl/N-ethyl adjacent to an activating group) is 1. The van der Waals surface area contributed by atoms with E-state index in [1.807, 2.05) is 5.32 Å². The molecule has 0 aromatic heterocycles. The monoisotopic (exact) mass is 238 g/mol. The number of hydrogen-bond acceptors (Lipinski definition) is 3. The maximum Gasteiger partial charge on any atom is 0.405 e. The first kappa shape index (κ1) is 12.8. The van der Waals surface area contributed by atoms with Gasteiger partial charge in [-0.3, -0.25) is 4.79 Å². The molecule has 1 rings (SSSR count). The van der Waals surface area contributed by atoms with Crippen LogP contribution >= 0.6 is 0 Å². The van der Waals surface area contributed by atoms with Crippen LogP contribution in [-0.2, 0) is 4.79 Å². The molecule has 6 nitrogen and oxygen atoms in total. The summed E-state index contributed by atoms with van der Waals surface area (Å²) in [6.45, 7) is -0.252. The fraction of sp³-hybridized carbons (Fsp3) is 0.273. The third-order valence-corrected chi connectivity index (χ3v) is 2.22. The number of carboxylic acid groups (broad SMARTS) is 1. The van der Waals surface area contributed by atoms with Gasteiger partial charge < -0.3 is 20.1 Å².